The Hall–Kier alpha value is -2.60. The predicted octanol–water partition coefficient (Wildman–Crippen LogP) is 3.53. The fourth-order valence-electron chi connectivity index (χ4n) is 3.61. The van der Waals surface area contributed by atoms with E-state index in [1.54, 1.807) is 18.2 Å². The van der Waals surface area contributed by atoms with Gasteiger partial charge in [-0.3, -0.25) is 9.59 Å². The van der Waals surface area contributed by atoms with Crippen LogP contribution in [0.4, 0.5) is 10.2 Å². The van der Waals surface area contributed by atoms with Gasteiger partial charge in [0, 0.05) is 17.5 Å². The number of aromatic nitrogens is 1. The monoisotopic (exact) mass is 367 g/mol. The second kappa shape index (κ2) is 7.56. The lowest BCUT2D eigenvalue weighted by Crippen LogP contribution is -2.37. The number of amides is 1. The number of anilines is 1. The Morgan fingerprint density at radius 3 is 2.37 bits per heavy atom. The summed E-state index contributed by atoms with van der Waals surface area (Å²) >= 11 is 0. The second-order valence-corrected chi connectivity index (χ2v) is 7.27. The van der Waals surface area contributed by atoms with Crippen LogP contribution in [0.3, 0.4) is 0 Å². The number of halogens is 1. The van der Waals surface area contributed by atoms with Gasteiger partial charge in [0.15, 0.2) is 5.78 Å². The van der Waals surface area contributed by atoms with Crippen LogP contribution < -0.4 is 5.32 Å². The maximum Gasteiger partial charge on any atom is 0.256 e. The molecule has 140 valence electrons. The number of rotatable bonds is 5. The number of likely N-dealkylation sites (tertiary alicyclic amines) is 1. The van der Waals surface area contributed by atoms with Crippen molar-refractivity contribution in [1.29, 1.82) is 0 Å². The molecule has 2 aromatic rings. The summed E-state index contributed by atoms with van der Waals surface area (Å²) < 4.78 is 13.0. The summed E-state index contributed by atoms with van der Waals surface area (Å²) in [4.78, 5) is 31.9. The predicted molar refractivity (Wildman–Crippen MR) is 100 cm³/mol. The Labute approximate surface area is 157 Å². The van der Waals surface area contributed by atoms with Crippen molar-refractivity contribution in [2.24, 2.45) is 5.92 Å². The number of nitrogens with zero attached hydrogens (tertiary/aromatic N) is 2. The molecule has 1 aromatic carbocycles. The van der Waals surface area contributed by atoms with E-state index in [9.17, 15) is 14.0 Å². The molecule has 0 spiro atoms. The molecule has 1 amide bonds. The molecule has 2 aliphatic rings. The third-order valence-electron chi connectivity index (χ3n) is 5.31. The van der Waals surface area contributed by atoms with Gasteiger partial charge in [-0.2, -0.15) is 0 Å². The first-order valence-electron chi connectivity index (χ1n) is 9.42. The van der Waals surface area contributed by atoms with Crippen molar-refractivity contribution in [1.82, 2.24) is 9.88 Å². The molecular formula is C21H22FN3O2. The molecule has 4 rings (SSSR count). The Morgan fingerprint density at radius 1 is 1.00 bits per heavy atom. The molecule has 0 radical (unpaired) electrons. The highest BCUT2D eigenvalue weighted by Crippen LogP contribution is 2.31. The topological polar surface area (TPSA) is 62.3 Å². The van der Waals surface area contributed by atoms with E-state index >= 15 is 0 Å². The minimum absolute atomic E-state index is 0.00412. The molecule has 1 aliphatic heterocycles. The van der Waals surface area contributed by atoms with E-state index in [0.29, 0.717) is 17.1 Å². The molecule has 2 heterocycles. The highest BCUT2D eigenvalue weighted by atomic mass is 19.1. The second-order valence-electron chi connectivity index (χ2n) is 7.27. The van der Waals surface area contributed by atoms with E-state index in [1.807, 2.05) is 0 Å². The first-order valence-corrected chi connectivity index (χ1v) is 9.42. The molecule has 0 unspecified atom stereocenters. The number of Topliss-reactive ketones (excluding diaryl/α,β-unsaturated/α-hetero) is 1. The van der Waals surface area contributed by atoms with E-state index in [2.05, 4.69) is 15.2 Å². The zero-order chi connectivity index (χ0) is 18.8. The van der Waals surface area contributed by atoms with Crippen LogP contribution in [0, 0.1) is 11.7 Å². The number of piperidine rings is 1. The maximum atomic E-state index is 13.0. The number of ketones is 1. The molecule has 1 aromatic heterocycles. The maximum absolute atomic E-state index is 13.0. The SMILES string of the molecule is O=C(Nc1cccc(C(=O)C2CCN(C3CC3)CC2)n1)c1ccc(F)cc1. The van der Waals surface area contributed by atoms with Gasteiger partial charge in [-0.15, -0.1) is 0 Å². The fourth-order valence-corrected chi connectivity index (χ4v) is 3.61. The number of carbonyl (C=O) groups excluding carboxylic acids is 2. The number of pyridine rings is 1. The molecular weight excluding hydrogens is 345 g/mol. The summed E-state index contributed by atoms with van der Waals surface area (Å²) in [5.74, 6) is -0.417. The average Bonchev–Trinajstić information content (AvgIpc) is 3.53. The van der Waals surface area contributed by atoms with Crippen molar-refractivity contribution in [3.63, 3.8) is 0 Å². The van der Waals surface area contributed by atoms with Crippen LogP contribution in [-0.4, -0.2) is 40.7 Å². The summed E-state index contributed by atoms with van der Waals surface area (Å²) in [7, 11) is 0. The van der Waals surface area contributed by atoms with Crippen molar-refractivity contribution < 1.29 is 14.0 Å². The normalized spacial score (nSPS) is 18.3. The summed E-state index contributed by atoms with van der Waals surface area (Å²) in [6, 6.07) is 11.1. The van der Waals surface area contributed by atoms with Gasteiger partial charge in [-0.1, -0.05) is 6.07 Å². The van der Waals surface area contributed by atoms with Gasteiger partial charge in [0.05, 0.1) is 0 Å². The van der Waals surface area contributed by atoms with Crippen molar-refractivity contribution in [2.75, 3.05) is 18.4 Å². The van der Waals surface area contributed by atoms with E-state index in [0.717, 1.165) is 32.0 Å². The van der Waals surface area contributed by atoms with Crippen molar-refractivity contribution in [3.8, 4) is 0 Å². The number of carbonyl (C=O) groups is 2. The molecule has 5 nitrogen and oxygen atoms in total. The average molecular weight is 367 g/mol. The van der Waals surface area contributed by atoms with Crippen LogP contribution in [0.2, 0.25) is 0 Å². The third-order valence-corrected chi connectivity index (χ3v) is 5.31. The lowest BCUT2D eigenvalue weighted by molar-refractivity contribution is 0.0828. The van der Waals surface area contributed by atoms with Crippen molar-refractivity contribution in [2.45, 2.75) is 31.7 Å². The number of hydrogen-bond acceptors (Lipinski definition) is 4. The van der Waals surface area contributed by atoms with Crippen LogP contribution in [0.25, 0.3) is 0 Å². The quantitative estimate of drug-likeness (QED) is 0.822. The first kappa shape index (κ1) is 17.8. The summed E-state index contributed by atoms with van der Waals surface area (Å²) in [6.45, 7) is 1.95. The smallest absolute Gasteiger partial charge is 0.256 e. The fraction of sp³-hybridized carbons (Fsp3) is 0.381. The zero-order valence-corrected chi connectivity index (χ0v) is 15.0. The highest BCUT2D eigenvalue weighted by molar-refractivity contribution is 6.04. The Kier molecular flexibility index (Phi) is 4.99. The molecule has 6 heteroatoms. The van der Waals surface area contributed by atoms with E-state index in [-0.39, 0.29) is 17.6 Å². The molecule has 0 atom stereocenters. The lowest BCUT2D eigenvalue weighted by Gasteiger charge is -2.31. The summed E-state index contributed by atoms with van der Waals surface area (Å²) in [5, 5.41) is 2.67. The van der Waals surface area contributed by atoms with Crippen molar-refractivity contribution in [3.05, 3.63) is 59.5 Å². The Bertz CT molecular complexity index is 841. The molecule has 1 aliphatic carbocycles. The van der Waals surface area contributed by atoms with Crippen molar-refractivity contribution >= 4 is 17.5 Å². The summed E-state index contributed by atoms with van der Waals surface area (Å²) in [5.41, 5.74) is 0.721. The zero-order valence-electron chi connectivity index (χ0n) is 15.0. The minimum Gasteiger partial charge on any atom is -0.307 e. The van der Waals surface area contributed by atoms with Crippen LogP contribution >= 0.6 is 0 Å². The summed E-state index contributed by atoms with van der Waals surface area (Å²) in [6.07, 6.45) is 4.30. The molecule has 1 saturated heterocycles. The van der Waals surface area contributed by atoms with Gasteiger partial charge in [0.1, 0.15) is 17.3 Å². The third kappa shape index (κ3) is 4.22. The van der Waals surface area contributed by atoms with Crippen LogP contribution in [0.5, 0.6) is 0 Å². The minimum atomic E-state index is -0.398. The Balaban J connectivity index is 1.40. The first-order chi connectivity index (χ1) is 13.1. The van der Waals surface area contributed by atoms with Crippen LogP contribution in [0.1, 0.15) is 46.5 Å². The van der Waals surface area contributed by atoms with Gasteiger partial charge in [-0.25, -0.2) is 9.37 Å². The van der Waals surface area contributed by atoms with E-state index in [1.165, 1.54) is 37.1 Å². The van der Waals surface area contributed by atoms with Gasteiger partial charge in [-0.05, 0) is 75.2 Å². The van der Waals surface area contributed by atoms with Gasteiger partial charge in [0.25, 0.3) is 5.91 Å². The van der Waals surface area contributed by atoms with Crippen LogP contribution in [0.15, 0.2) is 42.5 Å². The molecule has 1 N–H and O–H groups in total. The molecule has 1 saturated carbocycles. The highest BCUT2D eigenvalue weighted by Gasteiger charge is 2.34. The largest absolute Gasteiger partial charge is 0.307 e. The van der Waals surface area contributed by atoms with Crippen LogP contribution in [-0.2, 0) is 0 Å². The lowest BCUT2D eigenvalue weighted by atomic mass is 9.90. The van der Waals surface area contributed by atoms with Gasteiger partial charge < -0.3 is 10.2 Å². The number of nitrogens with one attached hydrogen (secondary N) is 1. The van der Waals surface area contributed by atoms with E-state index in [4.69, 9.17) is 0 Å². The molecule has 2 fully saturated rings. The Morgan fingerprint density at radius 2 is 1.70 bits per heavy atom. The molecule has 27 heavy (non-hydrogen) atoms. The van der Waals surface area contributed by atoms with Gasteiger partial charge in [0.2, 0.25) is 0 Å². The number of benzene rings is 1. The standard InChI is InChI=1S/C21H22FN3O2/c22-16-6-4-15(5-7-16)21(27)24-19-3-1-2-18(23-19)20(26)14-10-12-25(13-11-14)17-8-9-17/h1-7,14,17H,8-13H2,(H,23,24,27). The van der Waals surface area contributed by atoms with E-state index < -0.39 is 5.82 Å². The number of hydrogen-bond donors (Lipinski definition) is 1. The molecule has 0 bridgehead atoms. The van der Waals surface area contributed by atoms with Gasteiger partial charge >= 0.3 is 0 Å².